The molecule has 4 nitrogen and oxygen atoms in total. The van der Waals surface area contributed by atoms with Gasteiger partial charge in [-0.15, -0.1) is 11.3 Å². The predicted molar refractivity (Wildman–Crippen MR) is 77.8 cm³/mol. The van der Waals surface area contributed by atoms with E-state index in [1.807, 2.05) is 11.4 Å². The number of aromatic nitrogens is 1. The van der Waals surface area contributed by atoms with Crippen molar-refractivity contribution in [1.82, 2.24) is 9.29 Å². The van der Waals surface area contributed by atoms with Crippen LogP contribution in [0.4, 0.5) is 0 Å². The van der Waals surface area contributed by atoms with Crippen LogP contribution in [0, 0.1) is 0 Å². The van der Waals surface area contributed by atoms with E-state index in [1.54, 1.807) is 0 Å². The predicted octanol–water partition coefficient (Wildman–Crippen LogP) is 3.44. The van der Waals surface area contributed by atoms with Gasteiger partial charge in [-0.2, -0.15) is 4.31 Å². The molecule has 0 spiro atoms. The van der Waals surface area contributed by atoms with E-state index in [0.29, 0.717) is 6.54 Å². The maximum absolute atomic E-state index is 12.2. The molecule has 0 fully saturated rings. The Hall–Kier alpha value is 0.01000. The lowest BCUT2D eigenvalue weighted by Crippen LogP contribution is -2.25. The van der Waals surface area contributed by atoms with E-state index >= 15 is 0 Å². The van der Waals surface area contributed by atoms with Crippen molar-refractivity contribution >= 4 is 60.2 Å². The van der Waals surface area contributed by atoms with Crippen molar-refractivity contribution < 1.29 is 8.42 Å². The first-order chi connectivity index (χ1) is 8.39. The topological polar surface area (TPSA) is 50.3 Å². The first-order valence-corrected chi connectivity index (χ1v) is 9.01. The molecule has 0 aromatic carbocycles. The second-order valence-electron chi connectivity index (χ2n) is 3.42. The third-order valence-corrected chi connectivity index (χ3v) is 7.16. The summed E-state index contributed by atoms with van der Waals surface area (Å²) < 4.78 is 27.0. The molecule has 0 atom stereocenters. The summed E-state index contributed by atoms with van der Waals surface area (Å²) in [6.45, 7) is 0.327. The quantitative estimate of drug-likeness (QED) is 0.807. The second-order valence-corrected chi connectivity index (χ2v) is 9.22. The van der Waals surface area contributed by atoms with Crippen molar-refractivity contribution in [3.8, 4) is 0 Å². The third-order valence-electron chi connectivity index (χ3n) is 2.12. The molecule has 0 saturated heterocycles. The fraction of sp³-hybridized carbons (Fsp3) is 0.222. The van der Waals surface area contributed by atoms with Crippen LogP contribution >= 0.6 is 50.2 Å². The van der Waals surface area contributed by atoms with Gasteiger partial charge in [0.1, 0.15) is 0 Å². The lowest BCUT2D eigenvalue weighted by molar-refractivity contribution is 0.471. The lowest BCUT2D eigenvalue weighted by atomic mass is 10.5. The van der Waals surface area contributed by atoms with Gasteiger partial charge in [-0.25, -0.2) is 13.4 Å². The van der Waals surface area contributed by atoms with Gasteiger partial charge in [-0.1, -0.05) is 22.9 Å². The van der Waals surface area contributed by atoms with Gasteiger partial charge in [0.25, 0.3) is 10.0 Å². The molecule has 0 bridgehead atoms. The van der Waals surface area contributed by atoms with E-state index in [2.05, 4.69) is 20.9 Å². The highest BCUT2D eigenvalue weighted by Gasteiger charge is 2.23. The van der Waals surface area contributed by atoms with Crippen LogP contribution in [0.15, 0.2) is 26.3 Å². The Bertz CT molecular complexity index is 652. The van der Waals surface area contributed by atoms with Crippen molar-refractivity contribution in [3.63, 3.8) is 0 Å². The molecular formula is C9H8BrClN2O2S3. The van der Waals surface area contributed by atoms with Gasteiger partial charge < -0.3 is 0 Å². The smallest absolute Gasteiger partial charge is 0.232 e. The molecule has 18 heavy (non-hydrogen) atoms. The van der Waals surface area contributed by atoms with E-state index in [4.69, 9.17) is 11.6 Å². The summed E-state index contributed by atoms with van der Waals surface area (Å²) in [4.78, 5) is 4.71. The van der Waals surface area contributed by atoms with Gasteiger partial charge in [0.2, 0.25) is 0 Å². The molecule has 0 aliphatic heterocycles. The molecule has 0 aliphatic rings. The number of thiophene rings is 1. The third kappa shape index (κ3) is 3.12. The average Bonchev–Trinajstić information content (AvgIpc) is 2.88. The summed E-state index contributed by atoms with van der Waals surface area (Å²) in [5, 5.41) is 1.92. The molecule has 0 amide bonds. The van der Waals surface area contributed by atoms with Crippen LogP contribution in [0.5, 0.6) is 0 Å². The fourth-order valence-electron chi connectivity index (χ4n) is 1.25. The zero-order valence-corrected chi connectivity index (χ0v) is 13.9. The molecule has 2 rings (SSSR count). The van der Waals surface area contributed by atoms with Gasteiger partial charge in [0, 0.05) is 28.3 Å². The number of halogens is 2. The summed E-state index contributed by atoms with van der Waals surface area (Å²) in [6, 6.07) is 1.90. The van der Waals surface area contributed by atoms with Gasteiger partial charge in [0.05, 0.1) is 6.20 Å². The minimum Gasteiger partial charge on any atom is -0.232 e. The molecule has 9 heteroatoms. The monoisotopic (exact) mass is 386 g/mol. The highest BCUT2D eigenvalue weighted by atomic mass is 79.9. The SMILES string of the molecule is CN(Cc1cc(Br)cs1)S(=O)(=O)c1cnc(Cl)s1. The minimum absolute atomic E-state index is 0.158. The number of sulfonamides is 1. The van der Waals surface area contributed by atoms with Crippen molar-refractivity contribution in [2.45, 2.75) is 10.8 Å². The minimum atomic E-state index is -3.51. The van der Waals surface area contributed by atoms with Gasteiger partial charge >= 0.3 is 0 Å². The maximum Gasteiger partial charge on any atom is 0.254 e. The van der Waals surface area contributed by atoms with Gasteiger partial charge in [0.15, 0.2) is 8.68 Å². The summed E-state index contributed by atoms with van der Waals surface area (Å²) >= 11 is 11.5. The van der Waals surface area contributed by atoms with Crippen LogP contribution in [-0.4, -0.2) is 24.8 Å². The Morgan fingerprint density at radius 1 is 1.56 bits per heavy atom. The zero-order valence-electron chi connectivity index (χ0n) is 9.13. The zero-order chi connectivity index (χ0) is 13.3. The standard InChI is InChI=1S/C9H8BrClN2O2S3/c1-13(4-7-2-6(10)5-16-7)18(14,15)8-3-12-9(11)17-8/h2-3,5H,4H2,1H3. The molecule has 0 N–H and O–H groups in total. The summed E-state index contributed by atoms with van der Waals surface area (Å²) in [5.74, 6) is 0. The van der Waals surface area contributed by atoms with Crippen molar-refractivity contribution in [1.29, 1.82) is 0 Å². The molecule has 2 aromatic rings. The highest BCUT2D eigenvalue weighted by molar-refractivity contribution is 9.10. The van der Waals surface area contributed by atoms with Crippen molar-refractivity contribution in [2.75, 3.05) is 7.05 Å². The molecular weight excluding hydrogens is 380 g/mol. The number of rotatable bonds is 4. The van der Waals surface area contributed by atoms with E-state index in [9.17, 15) is 8.42 Å². The van der Waals surface area contributed by atoms with Crippen LogP contribution in [0.1, 0.15) is 4.88 Å². The molecule has 0 aliphatic carbocycles. The van der Waals surface area contributed by atoms with Crippen LogP contribution in [-0.2, 0) is 16.6 Å². The van der Waals surface area contributed by atoms with Crippen LogP contribution in [0.25, 0.3) is 0 Å². The average molecular weight is 388 g/mol. The van der Waals surface area contributed by atoms with Crippen LogP contribution in [0.3, 0.4) is 0 Å². The largest absolute Gasteiger partial charge is 0.254 e. The Morgan fingerprint density at radius 2 is 2.28 bits per heavy atom. The Balaban J connectivity index is 2.20. The van der Waals surface area contributed by atoms with Crippen molar-refractivity contribution in [2.24, 2.45) is 0 Å². The summed E-state index contributed by atoms with van der Waals surface area (Å²) in [5.41, 5.74) is 0. The van der Waals surface area contributed by atoms with Crippen molar-refractivity contribution in [3.05, 3.63) is 31.5 Å². The number of hydrogen-bond acceptors (Lipinski definition) is 5. The normalized spacial score (nSPS) is 12.2. The van der Waals surface area contributed by atoms with E-state index in [1.165, 1.54) is 28.9 Å². The lowest BCUT2D eigenvalue weighted by Gasteiger charge is -2.14. The Labute approximate surface area is 126 Å². The summed E-state index contributed by atoms with van der Waals surface area (Å²) in [7, 11) is -1.97. The molecule has 2 heterocycles. The second kappa shape index (κ2) is 5.56. The van der Waals surface area contributed by atoms with Crippen LogP contribution < -0.4 is 0 Å². The summed E-state index contributed by atoms with van der Waals surface area (Å²) in [6.07, 6.45) is 1.28. The first-order valence-electron chi connectivity index (χ1n) is 4.70. The maximum atomic E-state index is 12.2. The molecule has 0 radical (unpaired) electrons. The number of hydrogen-bond donors (Lipinski definition) is 0. The van der Waals surface area contributed by atoms with E-state index in [-0.39, 0.29) is 8.68 Å². The number of nitrogens with zero attached hydrogens (tertiary/aromatic N) is 2. The molecule has 2 aromatic heterocycles. The Morgan fingerprint density at radius 3 is 2.78 bits per heavy atom. The molecule has 0 saturated carbocycles. The van der Waals surface area contributed by atoms with Crippen LogP contribution in [0.2, 0.25) is 4.47 Å². The highest BCUT2D eigenvalue weighted by Crippen LogP contribution is 2.27. The first kappa shape index (κ1) is 14.4. The molecule has 98 valence electrons. The Kier molecular flexibility index (Phi) is 4.45. The van der Waals surface area contributed by atoms with Gasteiger partial charge in [-0.05, 0) is 22.0 Å². The number of thiazole rings is 1. The van der Waals surface area contributed by atoms with E-state index < -0.39 is 10.0 Å². The fourth-order valence-corrected chi connectivity index (χ4v) is 5.49. The molecule has 0 unspecified atom stereocenters. The van der Waals surface area contributed by atoms with Gasteiger partial charge in [-0.3, -0.25) is 0 Å². The van der Waals surface area contributed by atoms with E-state index in [0.717, 1.165) is 20.7 Å².